The van der Waals surface area contributed by atoms with Crippen molar-refractivity contribution in [3.05, 3.63) is 92.5 Å². The number of carbonyl (C=O) groups excluding carboxylic acids is 2. The molecule has 5 rings (SSSR count). The van der Waals surface area contributed by atoms with Crippen LogP contribution in [0.2, 0.25) is 0 Å². The van der Waals surface area contributed by atoms with Gasteiger partial charge in [0.1, 0.15) is 11.5 Å². The van der Waals surface area contributed by atoms with Crippen molar-refractivity contribution in [2.75, 3.05) is 12.0 Å². The Morgan fingerprint density at radius 3 is 2.53 bits per heavy atom. The maximum atomic E-state index is 13.5. The van der Waals surface area contributed by atoms with Crippen LogP contribution in [0.3, 0.4) is 0 Å². The highest BCUT2D eigenvalue weighted by Gasteiger charge is 2.48. The molecule has 0 saturated carbocycles. The number of benzene rings is 3. The van der Waals surface area contributed by atoms with Crippen molar-refractivity contribution in [1.29, 1.82) is 0 Å². The van der Waals surface area contributed by atoms with Crippen LogP contribution in [0.15, 0.2) is 64.6 Å². The standard InChI is InChI=1S/C28H23BrN2O4S/c1-14-10-16(3)23-21(11-14)36-28(30-23)31-24(17-6-5-7-19(29)13-17)22(26(33)27(31)34)25(32)18-8-9-20(35-4)15(2)12-18/h5-13,24,32H,1-4H3/t24-/m1/s1. The third kappa shape index (κ3) is 4.00. The monoisotopic (exact) mass is 562 g/mol. The molecular weight excluding hydrogens is 540 g/mol. The molecule has 1 fully saturated rings. The summed E-state index contributed by atoms with van der Waals surface area (Å²) in [4.78, 5) is 33.1. The van der Waals surface area contributed by atoms with E-state index in [1.54, 1.807) is 25.3 Å². The first-order chi connectivity index (χ1) is 17.2. The average Bonchev–Trinajstić information content (AvgIpc) is 3.37. The van der Waals surface area contributed by atoms with E-state index in [1.807, 2.05) is 57.2 Å². The summed E-state index contributed by atoms with van der Waals surface area (Å²) < 4.78 is 7.06. The molecule has 3 aromatic carbocycles. The predicted octanol–water partition coefficient (Wildman–Crippen LogP) is 6.62. The summed E-state index contributed by atoms with van der Waals surface area (Å²) >= 11 is 4.85. The summed E-state index contributed by atoms with van der Waals surface area (Å²) in [5.41, 5.74) is 4.82. The molecule has 1 saturated heterocycles. The maximum Gasteiger partial charge on any atom is 0.301 e. The fourth-order valence-corrected chi connectivity index (χ4v) is 6.25. The van der Waals surface area contributed by atoms with E-state index in [0.717, 1.165) is 31.4 Å². The Morgan fingerprint density at radius 1 is 1.06 bits per heavy atom. The minimum Gasteiger partial charge on any atom is -0.507 e. The van der Waals surface area contributed by atoms with Gasteiger partial charge in [-0.05, 0) is 79.4 Å². The summed E-state index contributed by atoms with van der Waals surface area (Å²) in [6, 6.07) is 15.8. The molecule has 0 radical (unpaired) electrons. The zero-order valence-electron chi connectivity index (χ0n) is 20.1. The number of aliphatic hydroxyl groups excluding tert-OH is 1. The van der Waals surface area contributed by atoms with Crippen LogP contribution in [0.25, 0.3) is 16.0 Å². The van der Waals surface area contributed by atoms with Crippen molar-refractivity contribution in [2.45, 2.75) is 26.8 Å². The highest BCUT2D eigenvalue weighted by molar-refractivity contribution is 9.10. The summed E-state index contributed by atoms with van der Waals surface area (Å²) in [5.74, 6) is -1.05. The molecular formula is C28H23BrN2O4S. The summed E-state index contributed by atoms with van der Waals surface area (Å²) in [5, 5.41) is 11.8. The van der Waals surface area contributed by atoms with Gasteiger partial charge in [-0.15, -0.1) is 0 Å². The van der Waals surface area contributed by atoms with Gasteiger partial charge in [0.15, 0.2) is 5.13 Å². The van der Waals surface area contributed by atoms with Crippen LogP contribution in [-0.2, 0) is 9.59 Å². The van der Waals surface area contributed by atoms with E-state index in [9.17, 15) is 14.7 Å². The van der Waals surface area contributed by atoms with E-state index in [2.05, 4.69) is 15.9 Å². The molecule has 1 aliphatic rings. The van der Waals surface area contributed by atoms with Crippen LogP contribution >= 0.6 is 27.3 Å². The number of fused-ring (bicyclic) bond motifs is 1. The maximum absolute atomic E-state index is 13.5. The SMILES string of the molecule is COc1ccc(C(O)=C2C(=O)C(=O)N(c3nc4c(C)cc(C)cc4s3)[C@@H]2c2cccc(Br)c2)cc1C. The van der Waals surface area contributed by atoms with E-state index in [-0.39, 0.29) is 11.3 Å². The number of hydrogen-bond acceptors (Lipinski definition) is 6. The molecule has 0 bridgehead atoms. The minimum absolute atomic E-state index is 0.0230. The first kappa shape index (κ1) is 24.2. The molecule has 2 heterocycles. The van der Waals surface area contributed by atoms with Gasteiger partial charge in [-0.1, -0.05) is 45.5 Å². The number of amides is 1. The van der Waals surface area contributed by atoms with Crippen molar-refractivity contribution in [1.82, 2.24) is 4.98 Å². The predicted molar refractivity (Wildman–Crippen MR) is 146 cm³/mol. The quantitative estimate of drug-likeness (QED) is 0.172. The fraction of sp³-hybridized carbons (Fsp3) is 0.179. The molecule has 182 valence electrons. The van der Waals surface area contributed by atoms with Gasteiger partial charge in [0.25, 0.3) is 5.78 Å². The summed E-state index contributed by atoms with van der Waals surface area (Å²) in [6.45, 7) is 5.84. The van der Waals surface area contributed by atoms with Gasteiger partial charge >= 0.3 is 5.91 Å². The third-order valence-corrected chi connectivity index (χ3v) is 7.80. The van der Waals surface area contributed by atoms with Crippen LogP contribution in [0.1, 0.15) is 33.9 Å². The Balaban J connectivity index is 1.74. The van der Waals surface area contributed by atoms with Gasteiger partial charge in [0, 0.05) is 10.0 Å². The van der Waals surface area contributed by atoms with Crippen molar-refractivity contribution in [2.24, 2.45) is 0 Å². The normalized spacial score (nSPS) is 17.2. The minimum atomic E-state index is -0.841. The highest BCUT2D eigenvalue weighted by atomic mass is 79.9. The molecule has 0 aliphatic carbocycles. The number of hydrogen-bond donors (Lipinski definition) is 1. The number of nitrogens with zero attached hydrogens (tertiary/aromatic N) is 2. The molecule has 1 aromatic heterocycles. The Hall–Kier alpha value is -3.49. The van der Waals surface area contributed by atoms with E-state index in [4.69, 9.17) is 9.72 Å². The van der Waals surface area contributed by atoms with E-state index >= 15 is 0 Å². The van der Waals surface area contributed by atoms with Gasteiger partial charge < -0.3 is 9.84 Å². The number of aryl methyl sites for hydroxylation is 3. The lowest BCUT2D eigenvalue weighted by Gasteiger charge is -2.23. The van der Waals surface area contributed by atoms with E-state index in [1.165, 1.54) is 16.2 Å². The molecule has 1 atom stereocenters. The molecule has 4 aromatic rings. The second-order valence-corrected chi connectivity index (χ2v) is 10.8. The Labute approximate surface area is 221 Å². The molecule has 1 aliphatic heterocycles. The lowest BCUT2D eigenvalue weighted by atomic mass is 9.95. The Morgan fingerprint density at radius 2 is 1.83 bits per heavy atom. The second kappa shape index (κ2) is 9.19. The molecule has 0 unspecified atom stereocenters. The average molecular weight is 563 g/mol. The zero-order chi connectivity index (χ0) is 25.7. The number of carbonyl (C=O) groups is 2. The van der Waals surface area contributed by atoms with Gasteiger partial charge in [0.2, 0.25) is 0 Å². The number of anilines is 1. The van der Waals surface area contributed by atoms with Crippen LogP contribution in [-0.4, -0.2) is 28.9 Å². The largest absolute Gasteiger partial charge is 0.507 e. The molecule has 8 heteroatoms. The number of ether oxygens (including phenoxy) is 1. The molecule has 0 spiro atoms. The fourth-order valence-electron chi connectivity index (χ4n) is 4.67. The number of rotatable bonds is 4. The lowest BCUT2D eigenvalue weighted by Crippen LogP contribution is -2.29. The summed E-state index contributed by atoms with van der Waals surface area (Å²) in [6.07, 6.45) is 0. The zero-order valence-corrected chi connectivity index (χ0v) is 22.5. The number of aromatic nitrogens is 1. The van der Waals surface area contributed by atoms with Crippen molar-refractivity contribution in [3.63, 3.8) is 0 Å². The Kier molecular flexibility index (Phi) is 6.18. The number of ketones is 1. The summed E-state index contributed by atoms with van der Waals surface area (Å²) in [7, 11) is 1.57. The van der Waals surface area contributed by atoms with Crippen LogP contribution in [0, 0.1) is 20.8 Å². The lowest BCUT2D eigenvalue weighted by molar-refractivity contribution is -0.132. The third-order valence-electron chi connectivity index (χ3n) is 6.30. The number of methoxy groups -OCH3 is 1. The second-order valence-electron chi connectivity index (χ2n) is 8.83. The molecule has 6 nitrogen and oxygen atoms in total. The van der Waals surface area contributed by atoms with Gasteiger partial charge in [-0.2, -0.15) is 0 Å². The van der Waals surface area contributed by atoms with Crippen LogP contribution < -0.4 is 9.64 Å². The van der Waals surface area contributed by atoms with Crippen molar-refractivity contribution < 1.29 is 19.4 Å². The van der Waals surface area contributed by atoms with E-state index in [0.29, 0.717) is 22.0 Å². The first-order valence-electron chi connectivity index (χ1n) is 11.3. The molecule has 1 N–H and O–H groups in total. The van der Waals surface area contributed by atoms with Gasteiger partial charge in [0.05, 0.1) is 28.9 Å². The van der Waals surface area contributed by atoms with Crippen molar-refractivity contribution >= 4 is 60.1 Å². The Bertz CT molecular complexity index is 1590. The molecule has 1 amide bonds. The number of Topliss-reactive ketones (excluding diaryl/α,β-unsaturated/α-hetero) is 1. The van der Waals surface area contributed by atoms with Crippen molar-refractivity contribution in [3.8, 4) is 5.75 Å². The first-order valence-corrected chi connectivity index (χ1v) is 12.9. The number of halogens is 1. The number of aliphatic hydroxyl groups is 1. The highest BCUT2D eigenvalue weighted by Crippen LogP contribution is 2.45. The number of thiazole rings is 1. The smallest absolute Gasteiger partial charge is 0.301 e. The van der Waals surface area contributed by atoms with Crippen LogP contribution in [0.4, 0.5) is 5.13 Å². The van der Waals surface area contributed by atoms with Gasteiger partial charge in [-0.25, -0.2) is 4.98 Å². The van der Waals surface area contributed by atoms with E-state index < -0.39 is 17.7 Å². The van der Waals surface area contributed by atoms with Crippen LogP contribution in [0.5, 0.6) is 5.75 Å². The topological polar surface area (TPSA) is 79.7 Å². The van der Waals surface area contributed by atoms with Gasteiger partial charge in [-0.3, -0.25) is 14.5 Å². The molecule has 36 heavy (non-hydrogen) atoms.